The summed E-state index contributed by atoms with van der Waals surface area (Å²) in [7, 11) is 2.03. The van der Waals surface area contributed by atoms with Crippen LogP contribution >= 0.6 is 11.3 Å². The Balaban J connectivity index is 2.10. The molecule has 0 aliphatic rings. The van der Waals surface area contributed by atoms with Gasteiger partial charge in [0.1, 0.15) is 0 Å². The molecule has 1 aromatic carbocycles. The van der Waals surface area contributed by atoms with Gasteiger partial charge in [0.05, 0.1) is 5.69 Å². The van der Waals surface area contributed by atoms with Crippen LogP contribution < -0.4 is 10.6 Å². The number of fused-ring (bicyclic) bond motifs is 1. The highest BCUT2D eigenvalue weighted by Gasteiger charge is 2.16. The van der Waals surface area contributed by atoms with Crippen LogP contribution in [0.5, 0.6) is 0 Å². The van der Waals surface area contributed by atoms with E-state index >= 15 is 0 Å². The third-order valence-corrected chi connectivity index (χ3v) is 4.00. The number of nitrogens with two attached hydrogens (primary N) is 1. The lowest BCUT2D eigenvalue weighted by Gasteiger charge is -2.18. The molecule has 0 saturated carbocycles. The maximum atomic E-state index is 5.88. The van der Waals surface area contributed by atoms with E-state index in [1.165, 1.54) is 5.56 Å². The van der Waals surface area contributed by atoms with Crippen LogP contribution in [0.4, 0.5) is 11.5 Å². The van der Waals surface area contributed by atoms with Gasteiger partial charge in [0.25, 0.3) is 0 Å². The van der Waals surface area contributed by atoms with Crippen molar-refractivity contribution in [3.05, 3.63) is 47.1 Å². The molecule has 0 saturated heterocycles. The number of nitrogens with zero attached hydrogens (tertiary/aromatic N) is 3. The van der Waals surface area contributed by atoms with E-state index in [0.29, 0.717) is 6.54 Å². The Kier molecular flexibility index (Phi) is 3.00. The first-order valence-corrected chi connectivity index (χ1v) is 7.03. The zero-order valence-corrected chi connectivity index (χ0v) is 11.8. The predicted octanol–water partition coefficient (Wildman–Crippen LogP) is 2.93. The topological polar surface area (TPSA) is 46.6 Å². The molecule has 2 aromatic heterocycles. The lowest BCUT2D eigenvalue weighted by molar-refractivity contribution is 0.954. The summed E-state index contributed by atoms with van der Waals surface area (Å²) < 4.78 is 2.06. The van der Waals surface area contributed by atoms with Crippen molar-refractivity contribution in [2.45, 2.75) is 13.5 Å². The Morgan fingerprint density at radius 2 is 2.26 bits per heavy atom. The van der Waals surface area contributed by atoms with Gasteiger partial charge in [0, 0.05) is 30.9 Å². The van der Waals surface area contributed by atoms with Gasteiger partial charge < -0.3 is 10.6 Å². The average Bonchev–Trinajstić information content (AvgIpc) is 2.97. The van der Waals surface area contributed by atoms with Crippen LogP contribution in [0.15, 0.2) is 35.8 Å². The van der Waals surface area contributed by atoms with Gasteiger partial charge in [-0.3, -0.25) is 4.40 Å². The molecule has 2 heterocycles. The number of anilines is 2. The first-order valence-electron chi connectivity index (χ1n) is 6.15. The van der Waals surface area contributed by atoms with Gasteiger partial charge in [-0.05, 0) is 24.6 Å². The van der Waals surface area contributed by atoms with Crippen LogP contribution in [-0.4, -0.2) is 16.4 Å². The van der Waals surface area contributed by atoms with E-state index in [9.17, 15) is 0 Å². The normalized spacial score (nSPS) is 11.1. The molecule has 4 nitrogen and oxygen atoms in total. The van der Waals surface area contributed by atoms with E-state index in [1.807, 2.05) is 18.6 Å². The van der Waals surface area contributed by atoms with Crippen LogP contribution in [0.25, 0.3) is 4.96 Å². The molecule has 0 aliphatic carbocycles. The minimum atomic E-state index is 0.476. The van der Waals surface area contributed by atoms with Gasteiger partial charge in [-0.1, -0.05) is 12.1 Å². The van der Waals surface area contributed by atoms with Crippen molar-refractivity contribution in [2.24, 2.45) is 5.73 Å². The number of aromatic nitrogens is 2. The molecule has 0 unspecified atom stereocenters. The summed E-state index contributed by atoms with van der Waals surface area (Å²) >= 11 is 1.62. The summed E-state index contributed by atoms with van der Waals surface area (Å²) in [5.74, 6) is 0.931. The molecule has 19 heavy (non-hydrogen) atoms. The van der Waals surface area contributed by atoms with Crippen LogP contribution in [0.2, 0.25) is 0 Å². The summed E-state index contributed by atoms with van der Waals surface area (Å²) in [6, 6.07) is 8.38. The van der Waals surface area contributed by atoms with Crippen molar-refractivity contribution in [1.29, 1.82) is 0 Å². The quantitative estimate of drug-likeness (QED) is 0.797. The minimum absolute atomic E-state index is 0.476. The van der Waals surface area contributed by atoms with Gasteiger partial charge >= 0.3 is 0 Å². The van der Waals surface area contributed by atoms with Gasteiger partial charge in [0.15, 0.2) is 10.8 Å². The Morgan fingerprint density at radius 1 is 1.42 bits per heavy atom. The Morgan fingerprint density at radius 3 is 3.00 bits per heavy atom. The molecule has 3 rings (SSSR count). The highest BCUT2D eigenvalue weighted by molar-refractivity contribution is 7.15. The van der Waals surface area contributed by atoms with Crippen LogP contribution in [-0.2, 0) is 6.54 Å². The van der Waals surface area contributed by atoms with E-state index < -0.39 is 0 Å². The average molecular weight is 272 g/mol. The predicted molar refractivity (Wildman–Crippen MR) is 80.2 cm³/mol. The van der Waals surface area contributed by atoms with Gasteiger partial charge in [-0.15, -0.1) is 11.3 Å². The van der Waals surface area contributed by atoms with Gasteiger partial charge in [-0.25, -0.2) is 4.98 Å². The molecule has 5 heteroatoms. The third kappa shape index (κ3) is 2.01. The molecule has 0 bridgehead atoms. The SMILES string of the molecule is Cc1cccc(N(C)c2nc3sccn3c2CN)c1. The summed E-state index contributed by atoms with van der Waals surface area (Å²) in [5.41, 5.74) is 9.29. The largest absolute Gasteiger partial charge is 0.328 e. The smallest absolute Gasteiger partial charge is 0.195 e. The van der Waals surface area contributed by atoms with Crippen LogP contribution in [0, 0.1) is 6.92 Å². The van der Waals surface area contributed by atoms with Crippen molar-refractivity contribution in [2.75, 3.05) is 11.9 Å². The number of imidazole rings is 1. The van der Waals surface area contributed by atoms with Gasteiger partial charge in [-0.2, -0.15) is 0 Å². The fourth-order valence-corrected chi connectivity index (χ4v) is 2.97. The molecule has 2 N–H and O–H groups in total. The molecule has 0 fully saturated rings. The molecular weight excluding hydrogens is 256 g/mol. The highest BCUT2D eigenvalue weighted by Crippen LogP contribution is 2.29. The molecule has 0 atom stereocenters. The summed E-state index contributed by atoms with van der Waals surface area (Å²) in [5, 5.41) is 2.03. The Bertz CT molecular complexity index is 713. The standard InChI is InChI=1S/C14H16N4S/c1-10-4-3-5-11(8-10)17(2)13-12(9-15)18-6-7-19-14(18)16-13/h3-8H,9,15H2,1-2H3. The maximum absolute atomic E-state index is 5.88. The number of hydrogen-bond donors (Lipinski definition) is 1. The zero-order chi connectivity index (χ0) is 13.4. The number of thiazole rings is 1. The lowest BCUT2D eigenvalue weighted by atomic mass is 10.2. The highest BCUT2D eigenvalue weighted by atomic mass is 32.1. The number of benzene rings is 1. The third-order valence-electron chi connectivity index (χ3n) is 3.24. The number of rotatable bonds is 3. The molecule has 3 aromatic rings. The van der Waals surface area contributed by atoms with Crippen LogP contribution in [0.3, 0.4) is 0 Å². The molecule has 0 aliphatic heterocycles. The van der Waals surface area contributed by atoms with E-state index in [0.717, 1.165) is 22.2 Å². The fraction of sp³-hybridized carbons (Fsp3) is 0.214. The van der Waals surface area contributed by atoms with Crippen molar-refractivity contribution >= 4 is 27.8 Å². The minimum Gasteiger partial charge on any atom is -0.328 e. The molecule has 0 amide bonds. The second-order valence-corrected chi connectivity index (χ2v) is 5.41. The monoisotopic (exact) mass is 272 g/mol. The molecule has 98 valence electrons. The van der Waals surface area contributed by atoms with Crippen molar-refractivity contribution in [3.8, 4) is 0 Å². The molecular formula is C14H16N4S. The van der Waals surface area contributed by atoms with E-state index in [2.05, 4.69) is 45.5 Å². The molecule has 0 radical (unpaired) electrons. The second kappa shape index (κ2) is 4.68. The first-order chi connectivity index (χ1) is 9.20. The van der Waals surface area contributed by atoms with Crippen molar-refractivity contribution < 1.29 is 0 Å². The zero-order valence-electron chi connectivity index (χ0n) is 11.0. The van der Waals surface area contributed by atoms with E-state index in [1.54, 1.807) is 11.3 Å². The first kappa shape index (κ1) is 12.2. The van der Waals surface area contributed by atoms with Gasteiger partial charge in [0.2, 0.25) is 0 Å². The van der Waals surface area contributed by atoms with Crippen molar-refractivity contribution in [3.63, 3.8) is 0 Å². The number of hydrogen-bond acceptors (Lipinski definition) is 4. The van der Waals surface area contributed by atoms with E-state index in [-0.39, 0.29) is 0 Å². The van der Waals surface area contributed by atoms with Crippen LogP contribution in [0.1, 0.15) is 11.3 Å². The number of aryl methyl sites for hydroxylation is 1. The Hall–Kier alpha value is -1.85. The second-order valence-electron chi connectivity index (χ2n) is 4.54. The van der Waals surface area contributed by atoms with E-state index in [4.69, 9.17) is 5.73 Å². The van der Waals surface area contributed by atoms with Crippen molar-refractivity contribution in [1.82, 2.24) is 9.38 Å². The fourth-order valence-electron chi connectivity index (χ4n) is 2.24. The lowest BCUT2D eigenvalue weighted by Crippen LogP contribution is -2.14. The molecule has 0 spiro atoms. The summed E-state index contributed by atoms with van der Waals surface area (Å²) in [6.45, 7) is 2.57. The summed E-state index contributed by atoms with van der Waals surface area (Å²) in [4.78, 5) is 7.75. The Labute approximate surface area is 116 Å². The maximum Gasteiger partial charge on any atom is 0.195 e. The summed E-state index contributed by atoms with van der Waals surface area (Å²) in [6.07, 6.45) is 2.02.